The van der Waals surface area contributed by atoms with E-state index >= 15 is 0 Å². The Kier molecular flexibility index (Phi) is 4.58. The summed E-state index contributed by atoms with van der Waals surface area (Å²) in [5, 5.41) is 5.04. The lowest BCUT2D eigenvalue weighted by Crippen LogP contribution is -2.57. The zero-order chi connectivity index (χ0) is 10.1. The van der Waals surface area contributed by atoms with Gasteiger partial charge in [0, 0.05) is 25.5 Å². The summed E-state index contributed by atoms with van der Waals surface area (Å²) >= 11 is 4.89. The molecule has 1 N–H and O–H groups in total. The van der Waals surface area contributed by atoms with Crippen molar-refractivity contribution in [2.24, 2.45) is 0 Å². The predicted molar refractivity (Wildman–Crippen MR) is 68.0 cm³/mol. The third-order valence-electron chi connectivity index (χ3n) is 2.44. The average Bonchev–Trinajstić information content (AvgIpc) is 2.47. The van der Waals surface area contributed by atoms with Crippen LogP contribution >= 0.6 is 39.7 Å². The predicted octanol–water partition coefficient (Wildman–Crippen LogP) is 1.98. The molecule has 1 aromatic heterocycles. The van der Waals surface area contributed by atoms with E-state index in [1.54, 1.807) is 11.3 Å². The molecule has 0 bridgehead atoms. The molecule has 1 aromatic rings. The maximum absolute atomic E-state index is 11.9. The van der Waals surface area contributed by atoms with E-state index < -0.39 is 0 Å². The molecule has 1 amide bonds. The molecule has 0 radical (unpaired) electrons. The quantitative estimate of drug-likeness (QED) is 0.906. The van der Waals surface area contributed by atoms with E-state index in [0.717, 1.165) is 22.4 Å². The molecule has 0 unspecified atom stereocenters. The topological polar surface area (TPSA) is 32.3 Å². The highest BCUT2D eigenvalue weighted by atomic mass is 79.9. The van der Waals surface area contributed by atoms with Crippen LogP contribution in [0.3, 0.4) is 0 Å². The van der Waals surface area contributed by atoms with Crippen LogP contribution in [0.4, 0.5) is 0 Å². The fourth-order valence-electron chi connectivity index (χ4n) is 1.34. The van der Waals surface area contributed by atoms with Crippen LogP contribution in [0.15, 0.2) is 15.2 Å². The first-order valence-electron chi connectivity index (χ1n) is 4.40. The van der Waals surface area contributed by atoms with Gasteiger partial charge in [0.15, 0.2) is 0 Å². The van der Waals surface area contributed by atoms with Crippen LogP contribution in [0.2, 0.25) is 0 Å². The molecule has 2 rings (SSSR count). The first kappa shape index (κ1) is 13.0. The number of rotatable bonds is 2. The van der Waals surface area contributed by atoms with Crippen molar-refractivity contribution in [1.82, 2.24) is 10.2 Å². The molecule has 15 heavy (non-hydrogen) atoms. The van der Waals surface area contributed by atoms with E-state index in [1.165, 1.54) is 0 Å². The molecular weight excluding hydrogens is 300 g/mol. The number of likely N-dealkylation sites (N-methyl/N-ethyl adjacent to an activating group) is 1. The van der Waals surface area contributed by atoms with Gasteiger partial charge >= 0.3 is 0 Å². The molecule has 2 heterocycles. The van der Waals surface area contributed by atoms with Gasteiger partial charge in [-0.2, -0.15) is 0 Å². The van der Waals surface area contributed by atoms with Crippen molar-refractivity contribution in [2.45, 2.75) is 6.04 Å². The minimum absolute atomic E-state index is 0. The number of amides is 1. The molecule has 0 aliphatic carbocycles. The van der Waals surface area contributed by atoms with Gasteiger partial charge in [-0.25, -0.2) is 0 Å². The number of carbonyl (C=O) groups excluding carboxylic acids is 1. The van der Waals surface area contributed by atoms with E-state index in [4.69, 9.17) is 0 Å². The van der Waals surface area contributed by atoms with E-state index in [9.17, 15) is 4.79 Å². The van der Waals surface area contributed by atoms with Crippen molar-refractivity contribution in [3.63, 3.8) is 0 Å². The largest absolute Gasteiger partial charge is 0.336 e. The lowest BCUT2D eigenvalue weighted by atomic mass is 10.1. The van der Waals surface area contributed by atoms with Crippen LogP contribution in [0, 0.1) is 0 Å². The first-order chi connectivity index (χ1) is 6.68. The summed E-state index contributed by atoms with van der Waals surface area (Å²) in [6.07, 6.45) is 0. The normalized spacial score (nSPS) is 15.3. The van der Waals surface area contributed by atoms with Crippen molar-refractivity contribution in [1.29, 1.82) is 0 Å². The number of hydrogen-bond donors (Lipinski definition) is 1. The molecular formula is C9H12BrClN2OS. The molecule has 1 fully saturated rings. The molecule has 1 aliphatic heterocycles. The highest BCUT2D eigenvalue weighted by molar-refractivity contribution is 9.11. The summed E-state index contributed by atoms with van der Waals surface area (Å²) in [6, 6.07) is 2.23. The number of hydrogen-bond acceptors (Lipinski definition) is 3. The molecule has 0 saturated carbocycles. The van der Waals surface area contributed by atoms with Crippen molar-refractivity contribution in [3.8, 4) is 0 Å². The molecule has 6 heteroatoms. The summed E-state index contributed by atoms with van der Waals surface area (Å²) < 4.78 is 1.00. The Balaban J connectivity index is 0.00000112. The second-order valence-corrected chi connectivity index (χ2v) is 5.66. The Morgan fingerprint density at radius 3 is 2.73 bits per heavy atom. The maximum atomic E-state index is 11.9. The van der Waals surface area contributed by atoms with Gasteiger partial charge in [-0.05, 0) is 22.0 Å². The second kappa shape index (κ2) is 5.30. The van der Waals surface area contributed by atoms with Crippen LogP contribution in [-0.2, 0) is 0 Å². The summed E-state index contributed by atoms with van der Waals surface area (Å²) in [7, 11) is 1.86. The monoisotopic (exact) mass is 310 g/mol. The van der Waals surface area contributed by atoms with E-state index in [2.05, 4.69) is 21.2 Å². The molecule has 1 saturated heterocycles. The minimum Gasteiger partial charge on any atom is -0.336 e. The lowest BCUT2D eigenvalue weighted by Gasteiger charge is -2.35. The van der Waals surface area contributed by atoms with Gasteiger partial charge < -0.3 is 10.2 Å². The van der Waals surface area contributed by atoms with Gasteiger partial charge in [0.05, 0.1) is 15.4 Å². The summed E-state index contributed by atoms with van der Waals surface area (Å²) in [4.78, 5) is 13.7. The van der Waals surface area contributed by atoms with Gasteiger partial charge in [-0.15, -0.1) is 23.7 Å². The van der Waals surface area contributed by atoms with Crippen LogP contribution < -0.4 is 5.32 Å². The molecule has 84 valence electrons. The third kappa shape index (κ3) is 2.72. The number of thiophene rings is 1. The Morgan fingerprint density at radius 2 is 2.33 bits per heavy atom. The van der Waals surface area contributed by atoms with Gasteiger partial charge in [0.2, 0.25) is 0 Å². The Bertz CT molecular complexity index is 354. The number of nitrogens with one attached hydrogen (secondary N) is 1. The van der Waals surface area contributed by atoms with E-state index in [0.29, 0.717) is 6.04 Å². The summed E-state index contributed by atoms with van der Waals surface area (Å²) in [5.41, 5.74) is 0.774. The zero-order valence-corrected chi connectivity index (χ0v) is 11.4. The highest BCUT2D eigenvalue weighted by Crippen LogP contribution is 2.22. The van der Waals surface area contributed by atoms with Crippen LogP contribution in [0.1, 0.15) is 10.4 Å². The summed E-state index contributed by atoms with van der Waals surface area (Å²) in [6.45, 7) is 1.82. The van der Waals surface area contributed by atoms with Crippen molar-refractivity contribution in [2.75, 3.05) is 20.1 Å². The first-order valence-corrected chi connectivity index (χ1v) is 6.07. The van der Waals surface area contributed by atoms with Gasteiger partial charge in [-0.3, -0.25) is 4.79 Å². The van der Waals surface area contributed by atoms with Gasteiger partial charge in [-0.1, -0.05) is 0 Å². The molecule has 1 aliphatic rings. The third-order valence-corrected chi connectivity index (χ3v) is 3.95. The maximum Gasteiger partial charge on any atom is 0.254 e. The second-order valence-electron chi connectivity index (χ2n) is 3.37. The summed E-state index contributed by atoms with van der Waals surface area (Å²) in [5.74, 6) is 0.110. The van der Waals surface area contributed by atoms with Gasteiger partial charge in [0.1, 0.15) is 0 Å². The molecule has 0 aromatic carbocycles. The highest BCUT2D eigenvalue weighted by Gasteiger charge is 2.26. The van der Waals surface area contributed by atoms with Crippen molar-refractivity contribution >= 4 is 45.6 Å². The van der Waals surface area contributed by atoms with E-state index in [-0.39, 0.29) is 18.3 Å². The standard InChI is InChI=1S/C9H11BrN2OS.ClH/c1-12(7-3-11-4-7)9(13)6-2-8(10)14-5-6;/h2,5,7,11H,3-4H2,1H3;1H. The lowest BCUT2D eigenvalue weighted by molar-refractivity contribution is 0.0682. The Morgan fingerprint density at radius 1 is 1.67 bits per heavy atom. The zero-order valence-electron chi connectivity index (χ0n) is 8.20. The fourth-order valence-corrected chi connectivity index (χ4v) is 2.47. The molecule has 3 nitrogen and oxygen atoms in total. The van der Waals surface area contributed by atoms with Crippen molar-refractivity contribution in [3.05, 3.63) is 20.8 Å². The average molecular weight is 312 g/mol. The van der Waals surface area contributed by atoms with Crippen molar-refractivity contribution < 1.29 is 4.79 Å². The minimum atomic E-state index is 0. The number of halogens is 2. The van der Waals surface area contributed by atoms with E-state index in [1.807, 2.05) is 23.4 Å². The Hall–Kier alpha value is -0.100. The number of nitrogens with zero attached hydrogens (tertiary/aromatic N) is 1. The van der Waals surface area contributed by atoms with Gasteiger partial charge in [0.25, 0.3) is 5.91 Å². The fraction of sp³-hybridized carbons (Fsp3) is 0.444. The number of carbonyl (C=O) groups is 1. The SMILES string of the molecule is CN(C(=O)c1csc(Br)c1)C1CNC1.Cl. The molecule has 0 atom stereocenters. The van der Waals surface area contributed by atoms with Crippen LogP contribution in [0.25, 0.3) is 0 Å². The van der Waals surface area contributed by atoms with Crippen LogP contribution in [0.5, 0.6) is 0 Å². The Labute approximate surface area is 107 Å². The molecule has 0 spiro atoms. The van der Waals surface area contributed by atoms with Crippen LogP contribution in [-0.4, -0.2) is 37.0 Å². The smallest absolute Gasteiger partial charge is 0.254 e.